The Bertz CT molecular complexity index is 835. The molecule has 0 aliphatic carbocycles. The van der Waals surface area contributed by atoms with Gasteiger partial charge in [0.2, 0.25) is 0 Å². The number of hydrogen-bond acceptors (Lipinski definition) is 4. The fourth-order valence-corrected chi connectivity index (χ4v) is 3.88. The second-order valence-electron chi connectivity index (χ2n) is 6.37. The maximum Gasteiger partial charge on any atom is 0.322 e. The van der Waals surface area contributed by atoms with Gasteiger partial charge in [0.05, 0.1) is 12.1 Å². The summed E-state index contributed by atoms with van der Waals surface area (Å²) in [5, 5.41) is 0. The van der Waals surface area contributed by atoms with Gasteiger partial charge in [0, 0.05) is 0 Å². The Morgan fingerprint density at radius 2 is 1.04 bits per heavy atom. The van der Waals surface area contributed by atoms with Gasteiger partial charge >= 0.3 is 11.1 Å². The van der Waals surface area contributed by atoms with E-state index in [1.165, 1.54) is 15.7 Å². The van der Waals surface area contributed by atoms with Crippen LogP contribution < -0.4 is 11.1 Å². The molecule has 2 aromatic carbocycles. The molecular weight excluding hydrogens is 302 g/mol. The van der Waals surface area contributed by atoms with E-state index in [0.29, 0.717) is 0 Å². The molecule has 0 saturated carbocycles. The average molecular weight is 321 g/mol. The standard InChI is InChI=1S/C19H19N3O2/c1-20-15(13-9-5-3-6-10-13)16(14-11-7-4-8-12-14)21(2)19(20)22-17(23)18(22)24/h3-12,15-16,19H,1-2H3. The van der Waals surface area contributed by atoms with Crippen molar-refractivity contribution in [2.24, 2.45) is 0 Å². The van der Waals surface area contributed by atoms with Crippen molar-refractivity contribution in [2.75, 3.05) is 14.1 Å². The summed E-state index contributed by atoms with van der Waals surface area (Å²) in [6.45, 7) is 0. The predicted molar refractivity (Wildman–Crippen MR) is 92.3 cm³/mol. The van der Waals surface area contributed by atoms with Crippen LogP contribution in [0.4, 0.5) is 0 Å². The van der Waals surface area contributed by atoms with Gasteiger partial charge < -0.3 is 0 Å². The summed E-state index contributed by atoms with van der Waals surface area (Å²) in [4.78, 5) is 27.6. The third kappa shape index (κ3) is 2.17. The lowest BCUT2D eigenvalue weighted by Crippen LogP contribution is -2.31. The van der Waals surface area contributed by atoms with E-state index in [9.17, 15) is 9.59 Å². The van der Waals surface area contributed by atoms with Gasteiger partial charge in [0.15, 0.2) is 6.29 Å². The molecule has 1 aromatic heterocycles. The van der Waals surface area contributed by atoms with E-state index in [0.717, 1.165) is 0 Å². The van der Waals surface area contributed by atoms with Crippen molar-refractivity contribution >= 4 is 0 Å². The number of hydrogen-bond donors (Lipinski definition) is 0. The molecule has 2 heterocycles. The van der Waals surface area contributed by atoms with Gasteiger partial charge in [0.25, 0.3) is 0 Å². The van der Waals surface area contributed by atoms with Gasteiger partial charge in [-0.1, -0.05) is 60.7 Å². The Morgan fingerprint density at radius 3 is 1.38 bits per heavy atom. The maximum absolute atomic E-state index is 11.7. The fraction of sp³-hybridized carbons (Fsp3) is 0.263. The van der Waals surface area contributed by atoms with E-state index < -0.39 is 11.1 Å². The number of benzene rings is 2. The second kappa shape index (κ2) is 5.54. The van der Waals surface area contributed by atoms with Crippen LogP contribution in [0.5, 0.6) is 0 Å². The first-order chi connectivity index (χ1) is 11.6. The molecular formula is C19H19N3O2. The second-order valence-corrected chi connectivity index (χ2v) is 6.37. The lowest BCUT2D eigenvalue weighted by Gasteiger charge is -2.26. The summed E-state index contributed by atoms with van der Waals surface area (Å²) >= 11 is 0. The molecule has 24 heavy (non-hydrogen) atoms. The van der Waals surface area contributed by atoms with Crippen molar-refractivity contribution in [2.45, 2.75) is 18.4 Å². The van der Waals surface area contributed by atoms with Crippen LogP contribution in [0.1, 0.15) is 29.5 Å². The number of aromatic nitrogens is 1. The zero-order valence-electron chi connectivity index (χ0n) is 13.7. The molecule has 2 unspecified atom stereocenters. The maximum atomic E-state index is 11.7. The molecule has 4 rings (SSSR count). The van der Waals surface area contributed by atoms with E-state index in [1.54, 1.807) is 0 Å². The summed E-state index contributed by atoms with van der Waals surface area (Å²) < 4.78 is 1.33. The molecule has 2 atom stereocenters. The van der Waals surface area contributed by atoms with E-state index >= 15 is 0 Å². The number of rotatable bonds is 3. The molecule has 0 spiro atoms. The summed E-state index contributed by atoms with van der Waals surface area (Å²) in [6.07, 6.45) is -0.347. The van der Waals surface area contributed by atoms with Crippen LogP contribution in [0, 0.1) is 0 Å². The molecule has 1 saturated heterocycles. The van der Waals surface area contributed by atoms with Crippen LogP contribution in [-0.4, -0.2) is 28.5 Å². The Morgan fingerprint density at radius 1 is 0.667 bits per heavy atom. The van der Waals surface area contributed by atoms with Gasteiger partial charge in [-0.05, 0) is 25.2 Å². The van der Waals surface area contributed by atoms with Crippen molar-refractivity contribution in [1.29, 1.82) is 0 Å². The molecule has 0 amide bonds. The first-order valence-electron chi connectivity index (χ1n) is 8.02. The van der Waals surface area contributed by atoms with Crippen molar-refractivity contribution in [3.8, 4) is 0 Å². The lowest BCUT2D eigenvalue weighted by molar-refractivity contribution is 0.0989. The minimum Gasteiger partial charge on any atom is -0.264 e. The normalized spacial score (nSPS) is 25.5. The molecule has 1 fully saturated rings. The molecule has 0 N–H and O–H groups in total. The van der Waals surface area contributed by atoms with Crippen LogP contribution in [0.2, 0.25) is 0 Å². The van der Waals surface area contributed by atoms with Gasteiger partial charge in [-0.15, -0.1) is 0 Å². The van der Waals surface area contributed by atoms with Gasteiger partial charge in [-0.25, -0.2) is 4.57 Å². The topological polar surface area (TPSA) is 45.5 Å². The summed E-state index contributed by atoms with van der Waals surface area (Å²) in [6, 6.07) is 20.6. The first kappa shape index (κ1) is 15.1. The van der Waals surface area contributed by atoms with Crippen molar-refractivity contribution in [3.63, 3.8) is 0 Å². The Hall–Kier alpha value is -2.50. The minimum atomic E-state index is -0.403. The zero-order valence-corrected chi connectivity index (χ0v) is 13.7. The highest BCUT2D eigenvalue weighted by molar-refractivity contribution is 5.29. The average Bonchev–Trinajstić information content (AvgIpc) is 3.09. The molecule has 0 bridgehead atoms. The quantitative estimate of drug-likeness (QED) is 0.691. The monoisotopic (exact) mass is 321 g/mol. The van der Waals surface area contributed by atoms with E-state index in [1.807, 2.05) is 50.5 Å². The lowest BCUT2D eigenvalue weighted by atomic mass is 9.93. The molecule has 1 aliphatic heterocycles. The zero-order chi connectivity index (χ0) is 16.8. The highest BCUT2D eigenvalue weighted by Gasteiger charge is 2.48. The van der Waals surface area contributed by atoms with Gasteiger partial charge in [0.1, 0.15) is 0 Å². The largest absolute Gasteiger partial charge is 0.322 e. The van der Waals surface area contributed by atoms with E-state index in [-0.39, 0.29) is 18.4 Å². The van der Waals surface area contributed by atoms with Crippen LogP contribution in [0.3, 0.4) is 0 Å². The van der Waals surface area contributed by atoms with E-state index in [4.69, 9.17) is 0 Å². The molecule has 5 nitrogen and oxygen atoms in total. The van der Waals surface area contributed by atoms with Gasteiger partial charge in [-0.2, -0.15) is 0 Å². The first-order valence-corrected chi connectivity index (χ1v) is 8.02. The third-order valence-electron chi connectivity index (χ3n) is 4.99. The Labute approximate surface area is 140 Å². The van der Waals surface area contributed by atoms with Crippen molar-refractivity contribution in [3.05, 3.63) is 92.5 Å². The highest BCUT2D eigenvalue weighted by atomic mass is 16.2. The highest BCUT2D eigenvalue weighted by Crippen LogP contribution is 2.48. The molecule has 122 valence electrons. The Balaban J connectivity index is 1.83. The fourth-order valence-electron chi connectivity index (χ4n) is 3.88. The summed E-state index contributed by atoms with van der Waals surface area (Å²) in [7, 11) is 3.95. The molecule has 0 radical (unpaired) electrons. The number of nitrogens with zero attached hydrogens (tertiary/aromatic N) is 3. The predicted octanol–water partition coefficient (Wildman–Crippen LogP) is 1.90. The summed E-state index contributed by atoms with van der Waals surface area (Å²) in [5.74, 6) is 0. The molecule has 1 aliphatic rings. The molecule has 5 heteroatoms. The smallest absolute Gasteiger partial charge is 0.264 e. The van der Waals surface area contributed by atoms with Crippen molar-refractivity contribution < 1.29 is 0 Å². The van der Waals surface area contributed by atoms with E-state index in [2.05, 4.69) is 34.1 Å². The SMILES string of the molecule is CN1C(c2ccccc2)C(c2ccccc2)N(C)C1n1c(=O)c1=O. The Kier molecular flexibility index (Phi) is 3.48. The van der Waals surface area contributed by atoms with Crippen molar-refractivity contribution in [1.82, 2.24) is 14.4 Å². The van der Waals surface area contributed by atoms with Crippen LogP contribution in [-0.2, 0) is 0 Å². The van der Waals surface area contributed by atoms with Crippen LogP contribution >= 0.6 is 0 Å². The van der Waals surface area contributed by atoms with Crippen LogP contribution in [0.25, 0.3) is 0 Å². The van der Waals surface area contributed by atoms with Gasteiger partial charge in [-0.3, -0.25) is 19.4 Å². The van der Waals surface area contributed by atoms with Crippen LogP contribution in [0.15, 0.2) is 70.3 Å². The summed E-state index contributed by atoms with van der Waals surface area (Å²) in [5.41, 5.74) is 1.54. The number of likely N-dealkylation sites (N-methyl/N-ethyl adjacent to an activating group) is 2. The third-order valence-corrected chi connectivity index (χ3v) is 4.99. The minimum absolute atomic E-state index is 0.0600. The molecule has 3 aromatic rings.